The van der Waals surface area contributed by atoms with Crippen molar-refractivity contribution in [1.29, 1.82) is 0 Å². The van der Waals surface area contributed by atoms with Crippen LogP contribution in [0.1, 0.15) is 200 Å². The zero-order valence-corrected chi connectivity index (χ0v) is 72.6. The average molecular weight is 1920 g/mol. The quantitative estimate of drug-likeness (QED) is 0.0363. The van der Waals surface area contributed by atoms with Gasteiger partial charge in [-0.3, -0.25) is 19.4 Å². The standard InChI is InChI=1S/C21H22N.C20H20N.C17H14N.3C11H20O2.3Ir/c1-14(2)9-17-5-6-18-7-8-22-21(20(18)13-17)19-11-15(3)10-16(4)12-19;1-13(2)17-6-5-16-7-8-21-20(19(16)12-17)18-10-14(3)9-15(4)11-18;1-12-9-13(2)11-15(10-12)17-8-7-14-5-3-4-6-16(14)18-17;3*1-8(2)5-10(12)7-11(13)6-9(3)4;;;/h5-8,10-11,13-14H,9H2,1-4H3;5-10,12-13H,1-4H3;3-10H,1-2H3;3*7-9,12H,5-6H2,1-4H3;;;/q3*-1;;;;;;. The molecule has 3 heterocycles. The molecule has 0 aliphatic heterocycles. The van der Waals surface area contributed by atoms with Crippen molar-refractivity contribution in [1.82, 2.24) is 15.0 Å². The van der Waals surface area contributed by atoms with Gasteiger partial charge in [-0.05, 0) is 127 Å². The zero-order valence-electron chi connectivity index (χ0n) is 65.4. The predicted octanol–water partition coefficient (Wildman–Crippen LogP) is 24.5. The third-order valence-electron chi connectivity index (χ3n) is 15.4. The number of hydrogen-bond donors (Lipinski definition) is 3. The summed E-state index contributed by atoms with van der Waals surface area (Å²) in [6.45, 7) is 45.6. The number of para-hydroxylation sites is 1. The van der Waals surface area contributed by atoms with E-state index in [2.05, 4.69) is 201 Å². The molecule has 12 heteroatoms. The van der Waals surface area contributed by atoms with Crippen molar-refractivity contribution in [3.05, 3.63) is 232 Å². The molecule has 0 saturated carbocycles. The number of fused-ring (bicyclic) bond motifs is 3. The molecular formula is C91H116Ir3N3O6-3. The fourth-order valence-corrected chi connectivity index (χ4v) is 11.5. The van der Waals surface area contributed by atoms with Gasteiger partial charge < -0.3 is 25.3 Å². The van der Waals surface area contributed by atoms with Crippen molar-refractivity contribution < 1.29 is 90.0 Å². The third kappa shape index (κ3) is 36.1. The molecule has 0 atom stereocenters. The molecule has 6 aromatic carbocycles. The minimum Gasteiger partial charge on any atom is -0.512 e. The smallest absolute Gasteiger partial charge is 0.159 e. The number of allylic oxidation sites excluding steroid dienone is 6. The minimum atomic E-state index is 0. The van der Waals surface area contributed by atoms with E-state index in [4.69, 9.17) is 4.98 Å². The Morgan fingerprint density at radius 3 is 1.13 bits per heavy atom. The largest absolute Gasteiger partial charge is 0.512 e. The van der Waals surface area contributed by atoms with Gasteiger partial charge in [-0.2, -0.15) is 0 Å². The Bertz CT molecular complexity index is 4050. The number of pyridine rings is 3. The van der Waals surface area contributed by atoms with E-state index in [-0.39, 0.29) is 94.9 Å². The van der Waals surface area contributed by atoms with E-state index in [9.17, 15) is 29.7 Å². The van der Waals surface area contributed by atoms with Gasteiger partial charge in [-0.15, -0.1) is 105 Å². The van der Waals surface area contributed by atoms with Crippen LogP contribution in [0.4, 0.5) is 0 Å². The van der Waals surface area contributed by atoms with Gasteiger partial charge in [0.05, 0.1) is 22.8 Å². The third-order valence-corrected chi connectivity index (χ3v) is 15.4. The number of nitrogens with zero attached hydrogens (tertiary/aromatic N) is 3. The van der Waals surface area contributed by atoms with Crippen molar-refractivity contribution in [3.63, 3.8) is 0 Å². The van der Waals surface area contributed by atoms with Gasteiger partial charge in [-0.25, -0.2) is 0 Å². The molecule has 3 N–H and O–H groups in total. The van der Waals surface area contributed by atoms with Crippen LogP contribution in [0.15, 0.2) is 169 Å². The molecule has 0 aliphatic carbocycles. The van der Waals surface area contributed by atoms with Gasteiger partial charge in [0.25, 0.3) is 0 Å². The molecule has 3 radical (unpaired) electrons. The fourth-order valence-electron chi connectivity index (χ4n) is 11.5. The summed E-state index contributed by atoms with van der Waals surface area (Å²) in [5, 5.41) is 34.1. The Morgan fingerprint density at radius 1 is 0.388 bits per heavy atom. The van der Waals surface area contributed by atoms with Crippen LogP contribution in [-0.2, 0) is 81.1 Å². The van der Waals surface area contributed by atoms with E-state index >= 15 is 0 Å². The summed E-state index contributed by atoms with van der Waals surface area (Å²) in [4.78, 5) is 47.6. The van der Waals surface area contributed by atoms with E-state index in [1.54, 1.807) is 0 Å². The van der Waals surface area contributed by atoms with E-state index < -0.39 is 0 Å². The van der Waals surface area contributed by atoms with Crippen molar-refractivity contribution in [2.75, 3.05) is 0 Å². The van der Waals surface area contributed by atoms with Gasteiger partial charge in [0.15, 0.2) is 17.3 Å². The minimum absolute atomic E-state index is 0. The van der Waals surface area contributed by atoms with Crippen LogP contribution < -0.4 is 0 Å². The molecule has 0 unspecified atom stereocenters. The Hall–Kier alpha value is -6.87. The van der Waals surface area contributed by atoms with Crippen LogP contribution in [0.5, 0.6) is 0 Å². The molecular weight excluding hydrogens is 1810 g/mol. The van der Waals surface area contributed by atoms with E-state index in [1.165, 1.54) is 73.0 Å². The summed E-state index contributed by atoms with van der Waals surface area (Å²) in [6.07, 6.45) is 12.3. The van der Waals surface area contributed by atoms with Crippen molar-refractivity contribution >= 4 is 49.8 Å². The Balaban J connectivity index is 0.000000624. The van der Waals surface area contributed by atoms with Crippen LogP contribution in [0.25, 0.3) is 66.2 Å². The molecule has 0 amide bonds. The van der Waals surface area contributed by atoms with Crippen LogP contribution in [-0.4, -0.2) is 47.6 Å². The second kappa shape index (κ2) is 47.6. The molecule has 9 rings (SSSR count). The molecule has 9 aromatic rings. The first-order valence-corrected chi connectivity index (χ1v) is 36.0. The number of ketones is 3. The molecule has 561 valence electrons. The summed E-state index contributed by atoms with van der Waals surface area (Å²) >= 11 is 0. The van der Waals surface area contributed by atoms with Crippen LogP contribution in [0.3, 0.4) is 0 Å². The van der Waals surface area contributed by atoms with Crippen molar-refractivity contribution in [2.24, 2.45) is 41.4 Å². The van der Waals surface area contributed by atoms with Gasteiger partial charge in [0.2, 0.25) is 0 Å². The fraction of sp³-hybridized carbons (Fsp3) is 0.407. The second-order valence-corrected chi connectivity index (χ2v) is 30.2. The number of carbonyl (C=O) groups is 3. The Kier molecular flexibility index (Phi) is 43.5. The molecule has 0 bridgehead atoms. The van der Waals surface area contributed by atoms with Crippen LogP contribution in [0, 0.1) is 101 Å². The number of hydrogen-bond acceptors (Lipinski definition) is 9. The van der Waals surface area contributed by atoms with E-state index in [0.29, 0.717) is 85.9 Å². The van der Waals surface area contributed by atoms with Gasteiger partial charge in [0, 0.05) is 129 Å². The number of aliphatic hydroxyl groups excluding tert-OH is 3. The molecule has 0 saturated heterocycles. The van der Waals surface area contributed by atoms with Crippen molar-refractivity contribution in [3.8, 4) is 33.8 Å². The first-order chi connectivity index (χ1) is 47.0. The number of rotatable bonds is 21. The maximum absolute atomic E-state index is 11.2. The second-order valence-electron chi connectivity index (χ2n) is 30.2. The average Bonchev–Trinajstić information content (AvgIpc) is 0.803. The monoisotopic (exact) mass is 1930 g/mol. The number of benzene rings is 6. The Morgan fingerprint density at radius 2 is 0.748 bits per heavy atom. The maximum atomic E-state index is 11.2. The summed E-state index contributed by atoms with van der Waals surface area (Å²) in [7, 11) is 0. The number of aromatic nitrogens is 3. The molecule has 0 aliphatic rings. The van der Waals surface area contributed by atoms with E-state index in [0.717, 1.165) is 62.4 Å². The molecule has 0 spiro atoms. The molecule has 0 fully saturated rings. The first kappa shape index (κ1) is 94.1. The Labute approximate surface area is 659 Å². The zero-order chi connectivity index (χ0) is 74.5. The van der Waals surface area contributed by atoms with Gasteiger partial charge in [-0.1, -0.05) is 219 Å². The van der Waals surface area contributed by atoms with E-state index in [1.807, 2.05) is 114 Å². The number of carbonyl (C=O) groups excluding carboxylic acids is 3. The van der Waals surface area contributed by atoms with Crippen molar-refractivity contribution in [2.45, 2.75) is 203 Å². The number of aliphatic hydroxyl groups is 3. The summed E-state index contributed by atoms with van der Waals surface area (Å²) in [5.74, 6) is 4.11. The first-order valence-electron chi connectivity index (χ1n) is 36.0. The number of aryl methyl sites for hydroxylation is 6. The molecule has 103 heavy (non-hydrogen) atoms. The summed E-state index contributed by atoms with van der Waals surface area (Å²) in [6, 6.07) is 53.1. The summed E-state index contributed by atoms with van der Waals surface area (Å²) in [5.41, 5.74) is 17.3. The van der Waals surface area contributed by atoms with Gasteiger partial charge >= 0.3 is 0 Å². The van der Waals surface area contributed by atoms with Crippen LogP contribution in [0.2, 0.25) is 0 Å². The predicted molar refractivity (Wildman–Crippen MR) is 423 cm³/mol. The SMILES string of the molecule is CC(C)CC(=O)C=C(O)CC(C)C.CC(C)CC(=O)C=C(O)CC(C)C.CC(C)CC(=O)C=C(O)CC(C)C.Cc1[c-]c(-c2ccc3ccccc3n2)cc(C)c1.Cc1[c-]c(-c2nccc3ccc(C(C)C)cc23)cc(C)c1.Cc1[c-]c(-c2nccc3ccc(CC(C)C)cc23)cc(C)c1.[Ir].[Ir].[Ir]. The normalized spacial score (nSPS) is 11.4. The topological polar surface area (TPSA) is 151 Å². The molecule has 9 nitrogen and oxygen atoms in total. The van der Waals surface area contributed by atoms with Crippen LogP contribution >= 0.6 is 0 Å². The summed E-state index contributed by atoms with van der Waals surface area (Å²) < 4.78 is 0. The molecule has 3 aromatic heterocycles. The van der Waals surface area contributed by atoms with Gasteiger partial charge in [0.1, 0.15) is 0 Å². The maximum Gasteiger partial charge on any atom is 0.159 e.